The van der Waals surface area contributed by atoms with Crippen molar-refractivity contribution in [2.75, 3.05) is 25.4 Å². The first-order valence-electron chi connectivity index (χ1n) is 8.23. The fraction of sp³-hybridized carbons (Fsp3) is 0.933. The Morgan fingerprint density at radius 2 is 1.91 bits per heavy atom. The van der Waals surface area contributed by atoms with Crippen molar-refractivity contribution in [1.29, 1.82) is 0 Å². The molecule has 1 amide bonds. The summed E-state index contributed by atoms with van der Waals surface area (Å²) < 4.78 is 26.1. The third-order valence-corrected chi connectivity index (χ3v) is 7.01. The van der Waals surface area contributed by atoms with Crippen molar-refractivity contribution in [3.8, 4) is 0 Å². The van der Waals surface area contributed by atoms with Crippen LogP contribution in [-0.4, -0.2) is 61.0 Å². The molecular weight excluding hydrogens is 338 g/mol. The van der Waals surface area contributed by atoms with Crippen LogP contribution in [0.25, 0.3) is 0 Å². The van der Waals surface area contributed by atoms with Gasteiger partial charge in [-0.15, -0.1) is 12.4 Å². The van der Waals surface area contributed by atoms with Gasteiger partial charge in [0, 0.05) is 25.7 Å². The fourth-order valence-electron chi connectivity index (χ4n) is 3.47. The molecule has 0 radical (unpaired) electrons. The second kappa shape index (κ2) is 7.68. The maximum absolute atomic E-state index is 12.8. The Hall–Kier alpha value is -0.370. The van der Waals surface area contributed by atoms with Crippen LogP contribution < -0.4 is 5.73 Å². The van der Waals surface area contributed by atoms with Gasteiger partial charge in [-0.25, -0.2) is 8.42 Å². The van der Waals surface area contributed by atoms with Crippen LogP contribution in [0.15, 0.2) is 0 Å². The molecule has 2 unspecified atom stereocenters. The number of carbonyl (C=O) groups is 1. The van der Waals surface area contributed by atoms with Gasteiger partial charge in [-0.2, -0.15) is 4.31 Å². The van der Waals surface area contributed by atoms with Crippen LogP contribution in [0.5, 0.6) is 0 Å². The van der Waals surface area contributed by atoms with Crippen LogP contribution in [0, 0.1) is 5.41 Å². The lowest BCUT2D eigenvalue weighted by atomic mass is 9.79. The number of sulfonamides is 1. The molecule has 0 aliphatic carbocycles. The van der Waals surface area contributed by atoms with Crippen molar-refractivity contribution in [2.24, 2.45) is 11.1 Å². The summed E-state index contributed by atoms with van der Waals surface area (Å²) in [5.41, 5.74) is 5.99. The highest BCUT2D eigenvalue weighted by atomic mass is 35.5. The number of nitrogens with zero attached hydrogens (tertiary/aromatic N) is 2. The Kier molecular flexibility index (Phi) is 6.90. The molecule has 2 heterocycles. The van der Waals surface area contributed by atoms with Gasteiger partial charge < -0.3 is 10.6 Å². The lowest BCUT2D eigenvalue weighted by molar-refractivity contribution is -0.138. The highest BCUT2D eigenvalue weighted by Crippen LogP contribution is 2.30. The molecule has 0 bridgehead atoms. The van der Waals surface area contributed by atoms with Gasteiger partial charge in [-0.1, -0.05) is 20.8 Å². The van der Waals surface area contributed by atoms with Crippen LogP contribution in [0.3, 0.4) is 0 Å². The Bertz CT molecular complexity index is 524. The second-order valence-corrected chi connectivity index (χ2v) is 9.27. The predicted molar refractivity (Wildman–Crippen MR) is 94.0 cm³/mol. The number of hydrogen-bond acceptors (Lipinski definition) is 4. The number of likely N-dealkylation sites (tertiary alicyclic amines) is 1. The van der Waals surface area contributed by atoms with Gasteiger partial charge in [-0.3, -0.25) is 4.79 Å². The molecule has 0 aromatic carbocycles. The normalized spacial score (nSPS) is 28.4. The van der Waals surface area contributed by atoms with Gasteiger partial charge >= 0.3 is 0 Å². The Balaban J connectivity index is 0.00000264. The quantitative estimate of drug-likeness (QED) is 0.809. The van der Waals surface area contributed by atoms with Crippen molar-refractivity contribution in [1.82, 2.24) is 9.21 Å². The molecule has 2 aliphatic heterocycles. The van der Waals surface area contributed by atoms with Crippen LogP contribution in [-0.2, 0) is 14.8 Å². The van der Waals surface area contributed by atoms with Gasteiger partial charge in [0.05, 0.1) is 5.75 Å². The zero-order valence-corrected chi connectivity index (χ0v) is 16.0. The van der Waals surface area contributed by atoms with E-state index in [0.717, 1.165) is 12.8 Å². The van der Waals surface area contributed by atoms with Crippen LogP contribution in [0.1, 0.15) is 46.5 Å². The summed E-state index contributed by atoms with van der Waals surface area (Å²) in [6, 6.07) is -0.429. The zero-order chi connectivity index (χ0) is 16.5. The first-order chi connectivity index (χ1) is 10.2. The van der Waals surface area contributed by atoms with Gasteiger partial charge in [0.2, 0.25) is 15.9 Å². The Labute approximate surface area is 146 Å². The molecule has 0 saturated carbocycles. The van der Waals surface area contributed by atoms with E-state index in [1.165, 1.54) is 4.31 Å². The summed E-state index contributed by atoms with van der Waals surface area (Å²) in [7, 11) is -3.32. The van der Waals surface area contributed by atoms with E-state index in [1.807, 2.05) is 11.8 Å². The standard InChI is InChI=1S/C15H29N3O3S.ClH/c1-4-10-22(20,21)18-8-5-6-12(18)14(19)17-9-7-13(16)15(2,3)11-17;/h12-13H,4-11,16H2,1-3H3;1H. The SMILES string of the molecule is CCCS(=O)(=O)N1CCCC1C(=O)N1CCC(N)C(C)(C)C1.Cl. The maximum atomic E-state index is 12.8. The average molecular weight is 368 g/mol. The van der Waals surface area contributed by atoms with E-state index in [-0.39, 0.29) is 35.5 Å². The van der Waals surface area contributed by atoms with E-state index in [2.05, 4.69) is 13.8 Å². The van der Waals surface area contributed by atoms with Gasteiger partial charge in [0.1, 0.15) is 6.04 Å². The van der Waals surface area contributed by atoms with E-state index in [9.17, 15) is 13.2 Å². The summed E-state index contributed by atoms with van der Waals surface area (Å²) in [6.07, 6.45) is 2.74. The highest BCUT2D eigenvalue weighted by Gasteiger charge is 2.43. The molecule has 2 atom stereocenters. The summed E-state index contributed by atoms with van der Waals surface area (Å²) in [5.74, 6) is 0.0739. The second-order valence-electron chi connectivity index (χ2n) is 7.23. The van der Waals surface area contributed by atoms with Crippen molar-refractivity contribution >= 4 is 28.3 Å². The number of carbonyl (C=O) groups excluding carboxylic acids is 1. The van der Waals surface area contributed by atoms with Crippen molar-refractivity contribution in [3.63, 3.8) is 0 Å². The molecule has 2 rings (SSSR count). The third-order valence-electron chi connectivity index (χ3n) is 4.93. The molecule has 2 N–H and O–H groups in total. The van der Waals surface area contributed by atoms with Crippen molar-refractivity contribution < 1.29 is 13.2 Å². The first kappa shape index (κ1) is 20.7. The molecule has 0 aromatic rings. The third kappa shape index (κ3) is 4.38. The first-order valence-corrected chi connectivity index (χ1v) is 9.84. The topological polar surface area (TPSA) is 83.7 Å². The van der Waals surface area contributed by atoms with Gasteiger partial charge in [0.15, 0.2) is 0 Å². The average Bonchev–Trinajstić information content (AvgIpc) is 2.91. The van der Waals surface area contributed by atoms with Crippen molar-refractivity contribution in [3.05, 3.63) is 0 Å². The number of hydrogen-bond donors (Lipinski definition) is 1. The van der Waals surface area contributed by atoms with E-state index in [4.69, 9.17) is 5.73 Å². The smallest absolute Gasteiger partial charge is 0.241 e. The number of amides is 1. The molecule has 0 spiro atoms. The molecule has 8 heteroatoms. The molecule has 6 nitrogen and oxygen atoms in total. The van der Waals surface area contributed by atoms with E-state index >= 15 is 0 Å². The minimum absolute atomic E-state index is 0. The molecule has 0 aromatic heterocycles. The molecule has 23 heavy (non-hydrogen) atoms. The number of halogens is 1. The van der Waals surface area contributed by atoms with E-state index in [1.54, 1.807) is 0 Å². The largest absolute Gasteiger partial charge is 0.341 e. The molecule has 136 valence electrons. The highest BCUT2D eigenvalue weighted by molar-refractivity contribution is 7.89. The lowest BCUT2D eigenvalue weighted by Gasteiger charge is -2.43. The summed E-state index contributed by atoms with van der Waals surface area (Å²) >= 11 is 0. The molecule has 2 saturated heterocycles. The molecule has 2 fully saturated rings. The van der Waals surface area contributed by atoms with E-state index < -0.39 is 16.1 Å². The molecule has 2 aliphatic rings. The molecular formula is C15H30ClN3O3S. The zero-order valence-electron chi connectivity index (χ0n) is 14.3. The van der Waals surface area contributed by atoms with Crippen LogP contribution >= 0.6 is 12.4 Å². The minimum Gasteiger partial charge on any atom is -0.341 e. The summed E-state index contributed by atoms with van der Waals surface area (Å²) in [6.45, 7) is 7.68. The predicted octanol–water partition coefficient (Wildman–Crippen LogP) is 1.20. The fourth-order valence-corrected chi connectivity index (χ4v) is 5.21. The Morgan fingerprint density at radius 1 is 1.26 bits per heavy atom. The van der Waals surface area contributed by atoms with Gasteiger partial charge in [0.25, 0.3) is 0 Å². The summed E-state index contributed by atoms with van der Waals surface area (Å²) in [4.78, 5) is 14.6. The van der Waals surface area contributed by atoms with Gasteiger partial charge in [-0.05, 0) is 31.1 Å². The summed E-state index contributed by atoms with van der Waals surface area (Å²) in [5, 5.41) is 0. The van der Waals surface area contributed by atoms with Crippen molar-refractivity contribution in [2.45, 2.75) is 58.5 Å². The number of nitrogens with two attached hydrogens (primary N) is 1. The minimum atomic E-state index is -3.32. The van der Waals surface area contributed by atoms with E-state index in [0.29, 0.717) is 32.5 Å². The number of rotatable bonds is 4. The van der Waals surface area contributed by atoms with Crippen LogP contribution in [0.2, 0.25) is 0 Å². The van der Waals surface area contributed by atoms with Crippen LogP contribution in [0.4, 0.5) is 0 Å². The number of piperidine rings is 1. The maximum Gasteiger partial charge on any atom is 0.241 e. The lowest BCUT2D eigenvalue weighted by Crippen LogP contribution is -2.57. The monoisotopic (exact) mass is 367 g/mol. The Morgan fingerprint density at radius 3 is 2.48 bits per heavy atom.